The maximum absolute atomic E-state index is 12.8. The summed E-state index contributed by atoms with van der Waals surface area (Å²) in [6.07, 6.45) is 3.37. The van der Waals surface area contributed by atoms with Crippen molar-refractivity contribution in [2.75, 3.05) is 17.6 Å². The minimum Gasteiger partial charge on any atom is -0.396 e. The Hall–Kier alpha value is -1.99. The predicted octanol–water partition coefficient (Wildman–Crippen LogP) is 3.01. The molecule has 1 heterocycles. The van der Waals surface area contributed by atoms with Gasteiger partial charge in [0.25, 0.3) is 5.91 Å². The first kappa shape index (κ1) is 18.8. The molecule has 0 aromatic heterocycles. The third-order valence-electron chi connectivity index (χ3n) is 5.17. The minimum absolute atomic E-state index is 0.0375. The van der Waals surface area contributed by atoms with Crippen LogP contribution in [0.1, 0.15) is 32.6 Å². The van der Waals surface area contributed by atoms with E-state index in [4.69, 9.17) is 28.9 Å². The first-order valence-electron chi connectivity index (χ1n) is 8.43. The monoisotopic (exact) mass is 398 g/mol. The van der Waals surface area contributed by atoms with Gasteiger partial charge < -0.3 is 16.4 Å². The molecule has 2 fully saturated rings. The highest BCUT2D eigenvalue weighted by atomic mass is 35.5. The molecule has 1 aromatic carbocycles. The third-order valence-corrected chi connectivity index (χ3v) is 5.79. The van der Waals surface area contributed by atoms with E-state index < -0.39 is 17.5 Å². The minimum atomic E-state index is -0.885. The molecule has 2 unspecified atom stereocenters. The van der Waals surface area contributed by atoms with Crippen molar-refractivity contribution in [1.29, 1.82) is 0 Å². The molecule has 1 spiro atoms. The van der Waals surface area contributed by atoms with Crippen molar-refractivity contribution < 1.29 is 14.4 Å². The molecular formula is C17H20Cl2N4O3. The molecule has 3 rings (SSSR count). The number of nitrogen functional groups attached to an aromatic ring is 1. The lowest BCUT2D eigenvalue weighted by atomic mass is 9.73. The van der Waals surface area contributed by atoms with Crippen molar-refractivity contribution in [3.63, 3.8) is 0 Å². The summed E-state index contributed by atoms with van der Waals surface area (Å²) in [7, 11) is 0. The van der Waals surface area contributed by atoms with Gasteiger partial charge in [-0.2, -0.15) is 0 Å². The smallest absolute Gasteiger partial charge is 0.325 e. The summed E-state index contributed by atoms with van der Waals surface area (Å²) in [4.78, 5) is 38.4. The maximum Gasteiger partial charge on any atom is 0.325 e. The lowest BCUT2D eigenvalue weighted by molar-refractivity contribution is -0.136. The number of nitrogens with one attached hydrogen (secondary N) is 2. The molecule has 0 bridgehead atoms. The Balaban J connectivity index is 1.71. The highest BCUT2D eigenvalue weighted by Crippen LogP contribution is 2.38. The van der Waals surface area contributed by atoms with E-state index in [0.29, 0.717) is 12.1 Å². The average molecular weight is 399 g/mol. The second kappa shape index (κ2) is 6.96. The van der Waals surface area contributed by atoms with Crippen LogP contribution in [-0.2, 0) is 9.59 Å². The van der Waals surface area contributed by atoms with Crippen LogP contribution in [0.5, 0.6) is 0 Å². The van der Waals surface area contributed by atoms with Crippen LogP contribution in [0, 0.1) is 5.92 Å². The fraction of sp³-hybridized carbons (Fsp3) is 0.471. The number of urea groups is 1. The van der Waals surface area contributed by atoms with Crippen molar-refractivity contribution in [3.05, 3.63) is 22.2 Å². The zero-order valence-electron chi connectivity index (χ0n) is 14.3. The fourth-order valence-corrected chi connectivity index (χ4v) is 4.13. The van der Waals surface area contributed by atoms with Crippen LogP contribution in [0.2, 0.25) is 10.0 Å². The van der Waals surface area contributed by atoms with Crippen LogP contribution in [0.15, 0.2) is 12.1 Å². The van der Waals surface area contributed by atoms with Gasteiger partial charge in [-0.05, 0) is 30.9 Å². The molecule has 2 aliphatic rings. The summed E-state index contributed by atoms with van der Waals surface area (Å²) in [6.45, 7) is 1.58. The number of carbonyl (C=O) groups excluding carboxylic acids is 3. The van der Waals surface area contributed by atoms with Gasteiger partial charge in [-0.1, -0.05) is 43.0 Å². The third kappa shape index (κ3) is 3.21. The van der Waals surface area contributed by atoms with Gasteiger partial charge in [0.2, 0.25) is 5.91 Å². The number of benzene rings is 1. The molecule has 4 N–H and O–H groups in total. The molecule has 1 saturated heterocycles. The zero-order valence-corrected chi connectivity index (χ0v) is 15.8. The van der Waals surface area contributed by atoms with E-state index in [1.54, 1.807) is 0 Å². The summed E-state index contributed by atoms with van der Waals surface area (Å²) in [6, 6.07) is 2.38. The number of nitrogens with zero attached hydrogens (tertiary/aromatic N) is 1. The Labute approximate surface area is 161 Å². The zero-order chi connectivity index (χ0) is 19.1. The normalized spacial score (nSPS) is 25.5. The molecule has 140 valence electrons. The van der Waals surface area contributed by atoms with Crippen LogP contribution in [0.25, 0.3) is 0 Å². The number of carbonyl (C=O) groups is 3. The summed E-state index contributed by atoms with van der Waals surface area (Å²) in [5.74, 6) is -0.820. The van der Waals surface area contributed by atoms with Crippen LogP contribution >= 0.6 is 23.2 Å². The molecule has 2 atom stereocenters. The molecule has 1 aliphatic heterocycles. The van der Waals surface area contributed by atoms with E-state index in [-0.39, 0.29) is 34.1 Å². The molecule has 0 radical (unpaired) electrons. The van der Waals surface area contributed by atoms with Crippen LogP contribution in [0.4, 0.5) is 16.2 Å². The molecular weight excluding hydrogens is 379 g/mol. The van der Waals surface area contributed by atoms with Crippen molar-refractivity contribution >= 4 is 52.4 Å². The molecule has 4 amide bonds. The molecule has 26 heavy (non-hydrogen) atoms. The number of nitrogens with two attached hydrogens (primary N) is 1. The van der Waals surface area contributed by atoms with E-state index in [1.165, 1.54) is 12.1 Å². The molecule has 1 aromatic rings. The van der Waals surface area contributed by atoms with Crippen molar-refractivity contribution in [1.82, 2.24) is 10.2 Å². The number of hydrogen-bond acceptors (Lipinski definition) is 4. The molecule has 9 heteroatoms. The van der Waals surface area contributed by atoms with Gasteiger partial charge >= 0.3 is 6.03 Å². The Kier molecular flexibility index (Phi) is 5.03. The van der Waals surface area contributed by atoms with Gasteiger partial charge in [0.1, 0.15) is 12.1 Å². The fourth-order valence-electron chi connectivity index (χ4n) is 3.64. The molecule has 7 nitrogen and oxygen atoms in total. The SMILES string of the molecule is CC1CCCCC12NC(=O)N(CC(=O)Nc1cc(Cl)c(N)c(Cl)c1)C2=O. The molecule has 1 saturated carbocycles. The Morgan fingerprint density at radius 2 is 2.00 bits per heavy atom. The highest BCUT2D eigenvalue weighted by molar-refractivity contribution is 6.39. The van der Waals surface area contributed by atoms with Gasteiger partial charge in [-0.15, -0.1) is 0 Å². The lowest BCUT2D eigenvalue weighted by Gasteiger charge is -2.36. The van der Waals surface area contributed by atoms with E-state index >= 15 is 0 Å². The number of halogens is 2. The lowest BCUT2D eigenvalue weighted by Crippen LogP contribution is -2.54. The Morgan fingerprint density at radius 3 is 2.62 bits per heavy atom. The summed E-state index contributed by atoms with van der Waals surface area (Å²) in [5, 5.41) is 5.81. The second-order valence-corrected chi connectivity index (χ2v) is 7.66. The van der Waals surface area contributed by atoms with E-state index in [2.05, 4.69) is 10.6 Å². The van der Waals surface area contributed by atoms with E-state index in [0.717, 1.165) is 24.2 Å². The van der Waals surface area contributed by atoms with Gasteiger partial charge in [0, 0.05) is 5.69 Å². The van der Waals surface area contributed by atoms with Crippen LogP contribution in [0.3, 0.4) is 0 Å². The first-order chi connectivity index (χ1) is 12.2. The van der Waals surface area contributed by atoms with Gasteiger partial charge in [-0.25, -0.2) is 4.79 Å². The number of rotatable bonds is 3. The Morgan fingerprint density at radius 1 is 1.35 bits per heavy atom. The number of imide groups is 1. The average Bonchev–Trinajstić information content (AvgIpc) is 2.80. The van der Waals surface area contributed by atoms with Crippen LogP contribution in [-0.4, -0.2) is 34.8 Å². The molecule has 1 aliphatic carbocycles. The summed E-state index contributed by atoms with van der Waals surface area (Å²) in [5.41, 5.74) is 5.33. The summed E-state index contributed by atoms with van der Waals surface area (Å²) >= 11 is 11.9. The quantitative estimate of drug-likeness (QED) is 0.537. The maximum atomic E-state index is 12.8. The predicted molar refractivity (Wildman–Crippen MR) is 100 cm³/mol. The number of anilines is 2. The number of hydrogen-bond donors (Lipinski definition) is 3. The first-order valence-corrected chi connectivity index (χ1v) is 9.18. The van der Waals surface area contributed by atoms with Gasteiger partial charge in [0.15, 0.2) is 0 Å². The summed E-state index contributed by atoms with van der Waals surface area (Å²) < 4.78 is 0. The van der Waals surface area contributed by atoms with Gasteiger partial charge in [0.05, 0.1) is 15.7 Å². The Bertz CT molecular complexity index is 762. The topological polar surface area (TPSA) is 105 Å². The van der Waals surface area contributed by atoms with E-state index in [9.17, 15) is 14.4 Å². The van der Waals surface area contributed by atoms with Gasteiger partial charge in [-0.3, -0.25) is 14.5 Å². The van der Waals surface area contributed by atoms with E-state index in [1.807, 2.05) is 6.92 Å². The standard InChI is InChI=1S/C17H20Cl2N4O3/c1-9-4-2-3-5-17(9)15(25)23(16(26)22-17)8-13(24)21-10-6-11(18)14(20)12(19)7-10/h6-7,9H,2-5,8,20H2,1H3,(H,21,24)(H,22,26). The van der Waals surface area contributed by atoms with Crippen molar-refractivity contribution in [3.8, 4) is 0 Å². The van der Waals surface area contributed by atoms with Crippen LogP contribution < -0.4 is 16.4 Å². The largest absolute Gasteiger partial charge is 0.396 e. The number of amides is 4. The van der Waals surface area contributed by atoms with Crippen molar-refractivity contribution in [2.24, 2.45) is 5.92 Å². The van der Waals surface area contributed by atoms with Crippen molar-refractivity contribution in [2.45, 2.75) is 38.1 Å². The second-order valence-electron chi connectivity index (χ2n) is 6.84. The highest BCUT2D eigenvalue weighted by Gasteiger charge is 2.55.